The van der Waals surface area contributed by atoms with Gasteiger partial charge in [-0.05, 0) is 12.3 Å². The van der Waals surface area contributed by atoms with Gasteiger partial charge in [0.2, 0.25) is 0 Å². The van der Waals surface area contributed by atoms with E-state index in [-0.39, 0.29) is 5.60 Å². The van der Waals surface area contributed by atoms with Crippen molar-refractivity contribution >= 4 is 0 Å². The molecule has 0 radical (unpaired) electrons. The van der Waals surface area contributed by atoms with Gasteiger partial charge in [0.1, 0.15) is 0 Å². The predicted molar refractivity (Wildman–Crippen MR) is 41.9 cm³/mol. The lowest BCUT2D eigenvalue weighted by Crippen LogP contribution is -2.62. The molecule has 0 aromatic carbocycles. The van der Waals surface area contributed by atoms with E-state index in [4.69, 9.17) is 0 Å². The molecule has 0 saturated carbocycles. The highest BCUT2D eigenvalue weighted by molar-refractivity contribution is 4.96. The Kier molecular flexibility index (Phi) is 2.32. The molecule has 60 valence electrons. The fraction of sp³-hybridized carbons (Fsp3) is 1.00. The van der Waals surface area contributed by atoms with Gasteiger partial charge >= 0.3 is 0 Å². The summed E-state index contributed by atoms with van der Waals surface area (Å²) in [5.41, 5.74) is -0.379. The Morgan fingerprint density at radius 1 is 1.60 bits per heavy atom. The Balaban J connectivity index is 2.31. The van der Waals surface area contributed by atoms with E-state index in [0.29, 0.717) is 5.92 Å². The van der Waals surface area contributed by atoms with Crippen LogP contribution in [0.4, 0.5) is 0 Å². The zero-order chi connectivity index (χ0) is 7.61. The molecule has 1 aliphatic rings. The largest absolute Gasteiger partial charge is 0.387 e. The Hall–Kier alpha value is -0.0800. The normalized spacial score (nSPS) is 25.5. The van der Waals surface area contributed by atoms with Gasteiger partial charge in [-0.2, -0.15) is 0 Å². The average Bonchev–Trinajstić information content (AvgIpc) is 1.83. The zero-order valence-electron chi connectivity index (χ0n) is 6.85. The first kappa shape index (κ1) is 8.02. The molecule has 10 heavy (non-hydrogen) atoms. The lowest BCUT2D eigenvalue weighted by molar-refractivity contribution is -0.0582. The fourth-order valence-electron chi connectivity index (χ4n) is 1.43. The molecule has 1 fully saturated rings. The summed E-state index contributed by atoms with van der Waals surface area (Å²) in [5.74, 6) is 0.457. The molecule has 1 atom stereocenters. The summed E-state index contributed by atoms with van der Waals surface area (Å²) >= 11 is 0. The third kappa shape index (κ3) is 1.32. The maximum atomic E-state index is 9.75. The van der Waals surface area contributed by atoms with Gasteiger partial charge in [-0.15, -0.1) is 0 Å². The lowest BCUT2D eigenvalue weighted by Gasteiger charge is -2.42. The third-order valence-electron chi connectivity index (χ3n) is 2.50. The van der Waals surface area contributed by atoms with Crippen molar-refractivity contribution in [3.05, 3.63) is 0 Å². The fourth-order valence-corrected chi connectivity index (χ4v) is 1.43. The lowest BCUT2D eigenvalue weighted by atomic mass is 9.81. The highest BCUT2D eigenvalue weighted by Crippen LogP contribution is 2.25. The average molecular weight is 143 g/mol. The van der Waals surface area contributed by atoms with E-state index in [0.717, 1.165) is 19.5 Å². The molecule has 1 aliphatic heterocycles. The predicted octanol–water partition coefficient (Wildman–Crippen LogP) is 0.757. The summed E-state index contributed by atoms with van der Waals surface area (Å²) < 4.78 is 0. The van der Waals surface area contributed by atoms with Crippen LogP contribution >= 0.6 is 0 Å². The quantitative estimate of drug-likeness (QED) is 0.611. The first-order valence-corrected chi connectivity index (χ1v) is 4.12. The van der Waals surface area contributed by atoms with Crippen LogP contribution in [0.15, 0.2) is 0 Å². The van der Waals surface area contributed by atoms with Gasteiger partial charge in [0.05, 0.1) is 5.60 Å². The molecule has 2 nitrogen and oxygen atoms in total. The van der Waals surface area contributed by atoms with Gasteiger partial charge in [0, 0.05) is 13.1 Å². The molecule has 1 heterocycles. The molecule has 0 aromatic rings. The van der Waals surface area contributed by atoms with Crippen LogP contribution in [0.25, 0.3) is 0 Å². The molecule has 0 amide bonds. The van der Waals surface area contributed by atoms with E-state index in [1.165, 1.54) is 6.42 Å². The SMILES string of the molecule is CCCC(C)C1(O)CNC1. The van der Waals surface area contributed by atoms with Crippen LogP contribution in [-0.4, -0.2) is 23.8 Å². The van der Waals surface area contributed by atoms with E-state index >= 15 is 0 Å². The van der Waals surface area contributed by atoms with Gasteiger partial charge in [-0.3, -0.25) is 0 Å². The van der Waals surface area contributed by atoms with Crippen LogP contribution in [-0.2, 0) is 0 Å². The number of β-amino-alcohol motifs (C(OH)–C–C–N with tert-alkyl or cyclic N) is 1. The van der Waals surface area contributed by atoms with Gasteiger partial charge in [0.25, 0.3) is 0 Å². The minimum Gasteiger partial charge on any atom is -0.387 e. The van der Waals surface area contributed by atoms with Gasteiger partial charge in [-0.1, -0.05) is 20.3 Å². The number of hydrogen-bond acceptors (Lipinski definition) is 2. The van der Waals surface area contributed by atoms with Crippen LogP contribution in [0.3, 0.4) is 0 Å². The Bertz CT molecular complexity index is 110. The second kappa shape index (κ2) is 2.89. The molecule has 2 N–H and O–H groups in total. The third-order valence-corrected chi connectivity index (χ3v) is 2.50. The maximum absolute atomic E-state index is 9.75. The molecule has 0 aromatic heterocycles. The van der Waals surface area contributed by atoms with Crippen molar-refractivity contribution < 1.29 is 5.11 Å². The van der Waals surface area contributed by atoms with Crippen molar-refractivity contribution in [2.75, 3.05) is 13.1 Å². The second-order valence-corrected chi connectivity index (χ2v) is 3.40. The number of nitrogens with one attached hydrogen (secondary N) is 1. The molecule has 0 spiro atoms. The van der Waals surface area contributed by atoms with Gasteiger partial charge in [-0.25, -0.2) is 0 Å². The second-order valence-electron chi connectivity index (χ2n) is 3.40. The summed E-state index contributed by atoms with van der Waals surface area (Å²) in [6, 6.07) is 0. The van der Waals surface area contributed by atoms with E-state index in [2.05, 4.69) is 19.2 Å². The van der Waals surface area contributed by atoms with Crippen LogP contribution in [0.5, 0.6) is 0 Å². The van der Waals surface area contributed by atoms with Crippen LogP contribution in [0, 0.1) is 5.92 Å². The molecule has 1 saturated heterocycles. The van der Waals surface area contributed by atoms with Gasteiger partial charge < -0.3 is 10.4 Å². The minimum absolute atomic E-state index is 0.379. The van der Waals surface area contributed by atoms with E-state index in [1.54, 1.807) is 0 Å². The molecular formula is C8H17NO. The molecule has 1 rings (SSSR count). The van der Waals surface area contributed by atoms with Crippen LogP contribution in [0.1, 0.15) is 26.7 Å². The number of rotatable bonds is 3. The zero-order valence-corrected chi connectivity index (χ0v) is 6.85. The highest BCUT2D eigenvalue weighted by Gasteiger charge is 2.38. The highest BCUT2D eigenvalue weighted by atomic mass is 16.3. The van der Waals surface area contributed by atoms with Crippen molar-refractivity contribution in [3.8, 4) is 0 Å². The maximum Gasteiger partial charge on any atom is 0.0920 e. The smallest absolute Gasteiger partial charge is 0.0920 e. The first-order chi connectivity index (χ1) is 4.69. The van der Waals surface area contributed by atoms with Crippen molar-refractivity contribution in [2.45, 2.75) is 32.3 Å². The summed E-state index contributed by atoms with van der Waals surface area (Å²) in [4.78, 5) is 0. The number of hydrogen-bond donors (Lipinski definition) is 2. The molecule has 0 aliphatic carbocycles. The van der Waals surface area contributed by atoms with Crippen LogP contribution < -0.4 is 5.32 Å². The Labute approximate surface area is 62.6 Å². The van der Waals surface area contributed by atoms with Crippen molar-refractivity contribution in [3.63, 3.8) is 0 Å². The van der Waals surface area contributed by atoms with E-state index in [9.17, 15) is 5.11 Å². The molecule has 2 heteroatoms. The number of aliphatic hydroxyl groups is 1. The van der Waals surface area contributed by atoms with Crippen molar-refractivity contribution in [1.29, 1.82) is 0 Å². The summed E-state index contributed by atoms with van der Waals surface area (Å²) in [7, 11) is 0. The Morgan fingerprint density at radius 3 is 2.50 bits per heavy atom. The Morgan fingerprint density at radius 2 is 2.20 bits per heavy atom. The minimum atomic E-state index is -0.379. The van der Waals surface area contributed by atoms with E-state index < -0.39 is 0 Å². The first-order valence-electron chi connectivity index (χ1n) is 4.12. The summed E-state index contributed by atoms with van der Waals surface area (Å²) in [5, 5.41) is 12.8. The molecule has 1 unspecified atom stereocenters. The topological polar surface area (TPSA) is 32.3 Å². The summed E-state index contributed by atoms with van der Waals surface area (Å²) in [6.07, 6.45) is 2.31. The van der Waals surface area contributed by atoms with Crippen molar-refractivity contribution in [1.82, 2.24) is 5.32 Å². The van der Waals surface area contributed by atoms with Crippen LogP contribution in [0.2, 0.25) is 0 Å². The summed E-state index contributed by atoms with van der Waals surface area (Å²) in [6.45, 7) is 5.86. The monoisotopic (exact) mass is 143 g/mol. The molecule has 0 bridgehead atoms. The van der Waals surface area contributed by atoms with Crippen molar-refractivity contribution in [2.24, 2.45) is 5.92 Å². The van der Waals surface area contributed by atoms with Gasteiger partial charge in [0.15, 0.2) is 0 Å². The standard InChI is InChI=1S/C8H17NO/c1-3-4-7(2)8(10)5-9-6-8/h7,9-10H,3-6H2,1-2H3. The van der Waals surface area contributed by atoms with E-state index in [1.807, 2.05) is 0 Å². The molecular weight excluding hydrogens is 126 g/mol.